The summed E-state index contributed by atoms with van der Waals surface area (Å²) in [5.41, 5.74) is 0. The molecule has 0 bridgehead atoms. The highest BCUT2D eigenvalue weighted by Gasteiger charge is 2.26. The Balaban J connectivity index is 2.16. The summed E-state index contributed by atoms with van der Waals surface area (Å²) in [6, 6.07) is 0.0202. The van der Waals surface area contributed by atoms with Crippen molar-refractivity contribution in [3.63, 3.8) is 0 Å². The lowest BCUT2D eigenvalue weighted by molar-refractivity contribution is 0.411. The van der Waals surface area contributed by atoms with Crippen molar-refractivity contribution in [2.24, 2.45) is 7.05 Å². The molecule has 1 fully saturated rings. The van der Waals surface area contributed by atoms with Crippen molar-refractivity contribution in [3.05, 3.63) is 11.5 Å². The molecule has 7 heteroatoms. The first-order chi connectivity index (χ1) is 8.00. The van der Waals surface area contributed by atoms with Crippen molar-refractivity contribution >= 4 is 21.6 Å². The van der Waals surface area contributed by atoms with Gasteiger partial charge in [-0.2, -0.15) is 0 Å². The second kappa shape index (κ2) is 4.96. The van der Waals surface area contributed by atoms with E-state index in [2.05, 4.69) is 9.71 Å². The molecule has 0 saturated heterocycles. The van der Waals surface area contributed by atoms with Crippen LogP contribution in [-0.4, -0.2) is 24.0 Å². The first-order valence-corrected chi connectivity index (χ1v) is 7.56. The van der Waals surface area contributed by atoms with Crippen LogP contribution in [0, 0.1) is 0 Å². The number of hydrogen-bond acceptors (Lipinski definition) is 3. The number of nitrogens with one attached hydrogen (secondary N) is 1. The van der Waals surface area contributed by atoms with Gasteiger partial charge >= 0.3 is 0 Å². The average molecular weight is 278 g/mol. The molecule has 0 aliphatic heterocycles. The summed E-state index contributed by atoms with van der Waals surface area (Å²) in [4.78, 5) is 3.83. The molecule has 1 aromatic heterocycles. The van der Waals surface area contributed by atoms with E-state index in [1.807, 2.05) is 0 Å². The predicted molar refractivity (Wildman–Crippen MR) is 65.4 cm³/mol. The lowest BCUT2D eigenvalue weighted by atomic mass is 9.96. The molecule has 0 unspecified atom stereocenters. The number of aromatic nitrogens is 2. The van der Waals surface area contributed by atoms with Gasteiger partial charge in [0, 0.05) is 13.1 Å². The second-order valence-electron chi connectivity index (χ2n) is 4.41. The predicted octanol–water partition coefficient (Wildman–Crippen LogP) is 1.68. The van der Waals surface area contributed by atoms with Crippen LogP contribution in [0.4, 0.5) is 0 Å². The highest BCUT2D eigenvalue weighted by atomic mass is 35.5. The van der Waals surface area contributed by atoms with Crippen molar-refractivity contribution in [1.29, 1.82) is 0 Å². The minimum Gasteiger partial charge on any atom is -0.324 e. The Bertz CT molecular complexity index is 492. The van der Waals surface area contributed by atoms with E-state index in [-0.39, 0.29) is 16.2 Å². The van der Waals surface area contributed by atoms with E-state index in [4.69, 9.17) is 11.6 Å². The van der Waals surface area contributed by atoms with Crippen LogP contribution in [0.5, 0.6) is 0 Å². The minimum absolute atomic E-state index is 0.0202. The molecule has 0 aromatic carbocycles. The molecular formula is C10H16ClN3O2S. The fourth-order valence-corrected chi connectivity index (χ4v) is 3.80. The minimum atomic E-state index is -3.58. The van der Waals surface area contributed by atoms with E-state index in [0.717, 1.165) is 25.7 Å². The SMILES string of the molecule is Cn1cnc(S(=O)(=O)NC2CCCCC2)c1Cl. The van der Waals surface area contributed by atoms with Crippen LogP contribution in [0.15, 0.2) is 11.4 Å². The number of aryl methyl sites for hydroxylation is 1. The molecule has 2 rings (SSSR count). The molecule has 17 heavy (non-hydrogen) atoms. The quantitative estimate of drug-likeness (QED) is 0.914. The van der Waals surface area contributed by atoms with E-state index in [0.29, 0.717) is 0 Å². The van der Waals surface area contributed by atoms with Crippen LogP contribution < -0.4 is 4.72 Å². The van der Waals surface area contributed by atoms with Crippen LogP contribution in [0.25, 0.3) is 0 Å². The smallest absolute Gasteiger partial charge is 0.261 e. The van der Waals surface area contributed by atoms with E-state index in [1.54, 1.807) is 7.05 Å². The summed E-state index contributed by atoms with van der Waals surface area (Å²) < 4.78 is 28.3. The van der Waals surface area contributed by atoms with Gasteiger partial charge in [-0.1, -0.05) is 30.9 Å². The Morgan fingerprint density at radius 3 is 2.59 bits per heavy atom. The Morgan fingerprint density at radius 2 is 2.06 bits per heavy atom. The van der Waals surface area contributed by atoms with Gasteiger partial charge in [0.2, 0.25) is 5.03 Å². The zero-order chi connectivity index (χ0) is 12.5. The molecule has 1 aromatic rings. The maximum atomic E-state index is 12.1. The summed E-state index contributed by atoms with van der Waals surface area (Å²) in [6.07, 6.45) is 6.51. The molecule has 1 aliphatic rings. The zero-order valence-corrected chi connectivity index (χ0v) is 11.3. The van der Waals surface area contributed by atoms with Gasteiger partial charge < -0.3 is 4.57 Å². The van der Waals surface area contributed by atoms with Gasteiger partial charge in [-0.15, -0.1) is 0 Å². The first-order valence-electron chi connectivity index (χ1n) is 5.70. The molecule has 5 nitrogen and oxygen atoms in total. The van der Waals surface area contributed by atoms with E-state index in [1.165, 1.54) is 17.3 Å². The Hall–Kier alpha value is -0.590. The van der Waals surface area contributed by atoms with Gasteiger partial charge in [-0.3, -0.25) is 0 Å². The Morgan fingerprint density at radius 1 is 1.41 bits per heavy atom. The number of nitrogens with zero attached hydrogens (tertiary/aromatic N) is 2. The molecule has 0 radical (unpaired) electrons. The molecule has 1 heterocycles. The fraction of sp³-hybridized carbons (Fsp3) is 0.700. The summed E-state index contributed by atoms with van der Waals surface area (Å²) in [6.45, 7) is 0. The van der Waals surface area contributed by atoms with Gasteiger partial charge in [0.15, 0.2) is 0 Å². The maximum Gasteiger partial charge on any atom is 0.261 e. The van der Waals surface area contributed by atoms with Crippen LogP contribution in [-0.2, 0) is 17.1 Å². The standard InChI is InChI=1S/C10H16ClN3O2S/c1-14-7-12-10(9(14)11)17(15,16)13-8-5-3-2-4-6-8/h7-8,13H,2-6H2,1H3. The number of sulfonamides is 1. The Labute approximate surface area is 106 Å². The van der Waals surface area contributed by atoms with Crippen molar-refractivity contribution in [1.82, 2.24) is 14.3 Å². The molecule has 0 atom stereocenters. The third-order valence-electron chi connectivity index (χ3n) is 3.02. The topological polar surface area (TPSA) is 64.0 Å². The molecule has 1 saturated carbocycles. The molecular weight excluding hydrogens is 262 g/mol. The van der Waals surface area contributed by atoms with Crippen molar-refractivity contribution in [2.45, 2.75) is 43.2 Å². The largest absolute Gasteiger partial charge is 0.324 e. The monoisotopic (exact) mass is 277 g/mol. The molecule has 0 spiro atoms. The van der Waals surface area contributed by atoms with Gasteiger partial charge in [-0.25, -0.2) is 18.1 Å². The molecule has 1 aliphatic carbocycles. The van der Waals surface area contributed by atoms with Crippen molar-refractivity contribution in [3.8, 4) is 0 Å². The maximum absolute atomic E-state index is 12.1. The summed E-state index contributed by atoms with van der Waals surface area (Å²) >= 11 is 5.89. The lowest BCUT2D eigenvalue weighted by Gasteiger charge is -2.22. The summed E-state index contributed by atoms with van der Waals surface area (Å²) in [5, 5.41) is 0.0700. The van der Waals surface area contributed by atoms with Gasteiger partial charge in [0.05, 0.1) is 6.33 Å². The number of hydrogen-bond donors (Lipinski definition) is 1. The van der Waals surface area contributed by atoms with E-state index >= 15 is 0 Å². The average Bonchev–Trinajstić information content (AvgIpc) is 2.61. The first kappa shape index (κ1) is 12.9. The van der Waals surface area contributed by atoms with E-state index < -0.39 is 10.0 Å². The van der Waals surface area contributed by atoms with Crippen LogP contribution in [0.1, 0.15) is 32.1 Å². The van der Waals surface area contributed by atoms with Crippen LogP contribution >= 0.6 is 11.6 Å². The van der Waals surface area contributed by atoms with Gasteiger partial charge in [0.25, 0.3) is 10.0 Å². The van der Waals surface area contributed by atoms with Crippen LogP contribution in [0.2, 0.25) is 5.15 Å². The molecule has 96 valence electrons. The fourth-order valence-electron chi connectivity index (χ4n) is 2.07. The highest BCUT2D eigenvalue weighted by molar-refractivity contribution is 7.89. The molecule has 1 N–H and O–H groups in total. The summed E-state index contributed by atoms with van der Waals surface area (Å²) in [7, 11) is -1.92. The number of halogens is 1. The normalized spacial score (nSPS) is 18.5. The number of rotatable bonds is 3. The zero-order valence-electron chi connectivity index (χ0n) is 9.69. The van der Waals surface area contributed by atoms with Gasteiger partial charge in [0.1, 0.15) is 5.15 Å². The number of imidazole rings is 1. The van der Waals surface area contributed by atoms with E-state index in [9.17, 15) is 8.42 Å². The van der Waals surface area contributed by atoms with Crippen molar-refractivity contribution < 1.29 is 8.42 Å². The van der Waals surface area contributed by atoms with Crippen LogP contribution in [0.3, 0.4) is 0 Å². The highest BCUT2D eigenvalue weighted by Crippen LogP contribution is 2.22. The van der Waals surface area contributed by atoms with Crippen molar-refractivity contribution in [2.75, 3.05) is 0 Å². The molecule has 0 amide bonds. The summed E-state index contributed by atoms with van der Waals surface area (Å²) in [5.74, 6) is 0. The third kappa shape index (κ3) is 2.81. The van der Waals surface area contributed by atoms with Gasteiger partial charge in [-0.05, 0) is 12.8 Å². The lowest BCUT2D eigenvalue weighted by Crippen LogP contribution is -2.36. The Kier molecular flexibility index (Phi) is 3.75. The second-order valence-corrected chi connectivity index (χ2v) is 6.39. The third-order valence-corrected chi connectivity index (χ3v) is 5.03.